The van der Waals surface area contributed by atoms with Crippen LogP contribution in [0.3, 0.4) is 0 Å². The van der Waals surface area contributed by atoms with Gasteiger partial charge >= 0.3 is 0 Å². The van der Waals surface area contributed by atoms with Crippen molar-refractivity contribution >= 4 is 33.7 Å². The fraction of sp³-hybridized carbons (Fsp3) is 0.318. The Balaban J connectivity index is 1.84. The minimum atomic E-state index is -3.37. The summed E-state index contributed by atoms with van der Waals surface area (Å²) < 4.78 is 29.7. The summed E-state index contributed by atoms with van der Waals surface area (Å²) in [5.41, 5.74) is 3.94. The summed E-state index contributed by atoms with van der Waals surface area (Å²) >= 11 is 0. The average Bonchev–Trinajstić information content (AvgIpc) is 2.76. The number of hydrogen-bond acceptors (Lipinski definition) is 6. The van der Waals surface area contributed by atoms with E-state index >= 15 is 0 Å². The molecule has 0 aliphatic rings. The largest absolute Gasteiger partial charge is 0.484 e. The van der Waals surface area contributed by atoms with Gasteiger partial charge in [-0.2, -0.15) is 5.10 Å². The second-order valence-electron chi connectivity index (χ2n) is 7.53. The molecule has 0 aromatic heterocycles. The summed E-state index contributed by atoms with van der Waals surface area (Å²) in [5, 5.41) is 6.70. The third-order valence-electron chi connectivity index (χ3n) is 4.33. The van der Waals surface area contributed by atoms with Gasteiger partial charge in [0.15, 0.2) is 6.61 Å². The third-order valence-corrected chi connectivity index (χ3v) is 5.53. The molecule has 32 heavy (non-hydrogen) atoms. The fourth-order valence-electron chi connectivity index (χ4n) is 2.41. The minimum Gasteiger partial charge on any atom is -0.484 e. The van der Waals surface area contributed by atoms with Gasteiger partial charge in [0.1, 0.15) is 5.75 Å². The highest BCUT2D eigenvalue weighted by molar-refractivity contribution is 7.92. The molecule has 172 valence electrons. The summed E-state index contributed by atoms with van der Waals surface area (Å²) in [6.07, 6.45) is 2.58. The molecule has 0 atom stereocenters. The van der Waals surface area contributed by atoms with Gasteiger partial charge in [-0.3, -0.25) is 13.9 Å². The monoisotopic (exact) mass is 460 g/mol. The van der Waals surface area contributed by atoms with Crippen LogP contribution < -0.4 is 19.8 Å². The quantitative estimate of drug-likeness (QED) is 0.415. The topological polar surface area (TPSA) is 117 Å². The molecule has 0 saturated carbocycles. The zero-order chi connectivity index (χ0) is 23.7. The van der Waals surface area contributed by atoms with E-state index in [1.807, 2.05) is 13.8 Å². The molecule has 9 nitrogen and oxygen atoms in total. The van der Waals surface area contributed by atoms with E-state index in [0.29, 0.717) is 29.5 Å². The number of sulfonamides is 1. The normalized spacial score (nSPS) is 11.4. The molecule has 0 spiro atoms. The summed E-state index contributed by atoms with van der Waals surface area (Å²) in [6, 6.07) is 13.0. The predicted molar refractivity (Wildman–Crippen MR) is 125 cm³/mol. The smallest absolute Gasteiger partial charge is 0.271 e. The van der Waals surface area contributed by atoms with Gasteiger partial charge in [0.25, 0.3) is 11.8 Å². The highest BCUT2D eigenvalue weighted by Crippen LogP contribution is 2.16. The zero-order valence-electron chi connectivity index (χ0n) is 18.5. The Morgan fingerprint density at radius 1 is 1.09 bits per heavy atom. The van der Waals surface area contributed by atoms with Crippen LogP contribution in [0, 0.1) is 5.92 Å². The molecule has 0 aliphatic carbocycles. The average molecular weight is 461 g/mol. The van der Waals surface area contributed by atoms with E-state index in [1.54, 1.807) is 36.4 Å². The number of carbonyl (C=O) groups excluding carboxylic acids is 2. The summed E-state index contributed by atoms with van der Waals surface area (Å²) in [4.78, 5) is 23.9. The number of rotatable bonds is 10. The van der Waals surface area contributed by atoms with Crippen molar-refractivity contribution in [1.29, 1.82) is 0 Å². The highest BCUT2D eigenvalue weighted by Gasteiger charge is 2.12. The van der Waals surface area contributed by atoms with Gasteiger partial charge in [-0.25, -0.2) is 13.8 Å². The van der Waals surface area contributed by atoms with Crippen molar-refractivity contribution in [3.05, 3.63) is 59.7 Å². The molecule has 2 aromatic carbocycles. The van der Waals surface area contributed by atoms with E-state index in [2.05, 4.69) is 15.8 Å². The Bertz CT molecular complexity index is 1050. The molecule has 0 saturated heterocycles. The molecule has 0 unspecified atom stereocenters. The van der Waals surface area contributed by atoms with Crippen LogP contribution in [-0.2, 0) is 14.8 Å². The standard InChI is InChI=1S/C22H28N4O5S/c1-16(2)13-23-21(27)15-31-20-11-5-17(6-12-20)14-24-25-22(28)18-7-9-19(10-8-18)26(3)32(4,29)30/h5-12,14,16H,13,15H2,1-4H3,(H,23,27)(H,25,28)/b24-14-. The van der Waals surface area contributed by atoms with Crippen LogP contribution in [0.2, 0.25) is 0 Å². The maximum Gasteiger partial charge on any atom is 0.271 e. The first-order valence-electron chi connectivity index (χ1n) is 9.93. The van der Waals surface area contributed by atoms with Crippen molar-refractivity contribution in [3.63, 3.8) is 0 Å². The van der Waals surface area contributed by atoms with Crippen molar-refractivity contribution in [3.8, 4) is 5.75 Å². The SMILES string of the molecule is CC(C)CNC(=O)COc1ccc(/C=N\NC(=O)c2ccc(N(C)S(C)(=O)=O)cc2)cc1. The van der Waals surface area contributed by atoms with Crippen LogP contribution >= 0.6 is 0 Å². The molecule has 0 aliphatic heterocycles. The first kappa shape index (κ1) is 24.9. The predicted octanol–water partition coefficient (Wildman–Crippen LogP) is 2.00. The number of anilines is 1. The zero-order valence-corrected chi connectivity index (χ0v) is 19.3. The molecule has 0 heterocycles. The van der Waals surface area contributed by atoms with E-state index in [0.717, 1.165) is 16.1 Å². The summed E-state index contributed by atoms with van der Waals surface area (Å²) in [5.74, 6) is 0.314. The number of nitrogens with zero attached hydrogens (tertiary/aromatic N) is 2. The van der Waals surface area contributed by atoms with Crippen molar-refractivity contribution in [2.24, 2.45) is 11.0 Å². The second kappa shape index (κ2) is 11.3. The Hall–Kier alpha value is -3.40. The van der Waals surface area contributed by atoms with Gasteiger partial charge in [-0.15, -0.1) is 0 Å². The second-order valence-corrected chi connectivity index (χ2v) is 9.55. The molecule has 0 fully saturated rings. The van der Waals surface area contributed by atoms with Crippen LogP contribution in [-0.4, -0.2) is 52.9 Å². The number of hydrazone groups is 1. The Kier molecular flexibility index (Phi) is 8.77. The third kappa shape index (κ3) is 8.03. The van der Waals surface area contributed by atoms with Gasteiger partial charge in [-0.1, -0.05) is 13.8 Å². The number of benzene rings is 2. The number of amides is 2. The molecule has 0 bridgehead atoms. The molecule has 2 N–H and O–H groups in total. The van der Waals surface area contributed by atoms with Crippen molar-refractivity contribution in [2.45, 2.75) is 13.8 Å². The van der Waals surface area contributed by atoms with Crippen LogP contribution in [0.1, 0.15) is 29.8 Å². The van der Waals surface area contributed by atoms with Gasteiger partial charge < -0.3 is 10.1 Å². The lowest BCUT2D eigenvalue weighted by molar-refractivity contribution is -0.123. The fourth-order valence-corrected chi connectivity index (χ4v) is 2.92. The summed E-state index contributed by atoms with van der Waals surface area (Å²) in [6.45, 7) is 4.57. The first-order chi connectivity index (χ1) is 15.1. The lowest BCUT2D eigenvalue weighted by atomic mass is 10.2. The Morgan fingerprint density at radius 3 is 2.28 bits per heavy atom. The maximum absolute atomic E-state index is 12.2. The number of carbonyl (C=O) groups is 2. The van der Waals surface area contributed by atoms with E-state index < -0.39 is 15.9 Å². The molecular weight excluding hydrogens is 432 g/mol. The Labute approximate surface area is 188 Å². The number of hydrogen-bond donors (Lipinski definition) is 2. The van der Waals surface area contributed by atoms with Crippen molar-refractivity contribution < 1.29 is 22.7 Å². The molecule has 10 heteroatoms. The molecule has 0 radical (unpaired) electrons. The van der Waals surface area contributed by atoms with E-state index in [-0.39, 0.29) is 12.5 Å². The summed E-state index contributed by atoms with van der Waals surface area (Å²) in [7, 11) is -1.93. The lowest BCUT2D eigenvalue weighted by Gasteiger charge is -2.16. The lowest BCUT2D eigenvalue weighted by Crippen LogP contribution is -2.31. The van der Waals surface area contributed by atoms with Crippen LogP contribution in [0.15, 0.2) is 53.6 Å². The van der Waals surface area contributed by atoms with E-state index in [4.69, 9.17) is 4.74 Å². The van der Waals surface area contributed by atoms with Gasteiger partial charge in [0, 0.05) is 19.2 Å². The van der Waals surface area contributed by atoms with Gasteiger partial charge in [-0.05, 0) is 60.0 Å². The van der Waals surface area contributed by atoms with E-state index in [9.17, 15) is 18.0 Å². The minimum absolute atomic E-state index is 0.0605. The number of nitrogens with one attached hydrogen (secondary N) is 2. The van der Waals surface area contributed by atoms with Crippen molar-refractivity contribution in [2.75, 3.05) is 30.8 Å². The molecule has 2 rings (SSSR count). The van der Waals surface area contributed by atoms with E-state index in [1.165, 1.54) is 25.4 Å². The number of ether oxygens (including phenoxy) is 1. The maximum atomic E-state index is 12.2. The van der Waals surface area contributed by atoms with Crippen LogP contribution in [0.25, 0.3) is 0 Å². The van der Waals surface area contributed by atoms with Gasteiger partial charge in [0.05, 0.1) is 18.2 Å². The van der Waals surface area contributed by atoms with Gasteiger partial charge in [0.2, 0.25) is 10.0 Å². The molecular formula is C22H28N4O5S. The first-order valence-corrected chi connectivity index (χ1v) is 11.8. The van der Waals surface area contributed by atoms with Crippen LogP contribution in [0.4, 0.5) is 5.69 Å². The molecule has 2 aromatic rings. The van der Waals surface area contributed by atoms with Crippen molar-refractivity contribution in [1.82, 2.24) is 10.7 Å². The highest BCUT2D eigenvalue weighted by atomic mass is 32.2. The molecule has 2 amide bonds. The Morgan fingerprint density at radius 2 is 1.72 bits per heavy atom. The van der Waals surface area contributed by atoms with Crippen LogP contribution in [0.5, 0.6) is 5.75 Å².